The van der Waals surface area contributed by atoms with Crippen LogP contribution < -0.4 is 10.1 Å². The summed E-state index contributed by atoms with van der Waals surface area (Å²) in [5.41, 5.74) is 4.00. The number of ether oxygens (including phenoxy) is 1. The largest absolute Gasteiger partial charge is 0.457 e. The Labute approximate surface area is 147 Å². The van der Waals surface area contributed by atoms with Crippen LogP contribution in [-0.4, -0.2) is 7.05 Å². The van der Waals surface area contributed by atoms with Crippen LogP contribution in [0.2, 0.25) is 0 Å². The molecule has 0 aromatic heterocycles. The van der Waals surface area contributed by atoms with E-state index in [1.807, 2.05) is 19.2 Å². The van der Waals surface area contributed by atoms with Gasteiger partial charge in [0.1, 0.15) is 11.5 Å². The van der Waals surface area contributed by atoms with E-state index in [-0.39, 0.29) is 10.8 Å². The Morgan fingerprint density at radius 3 is 1.96 bits per heavy atom. The first-order valence-electron chi connectivity index (χ1n) is 8.67. The molecule has 0 heterocycles. The van der Waals surface area contributed by atoms with Gasteiger partial charge in [-0.25, -0.2) is 0 Å². The maximum Gasteiger partial charge on any atom is 0.131 e. The molecule has 0 saturated carbocycles. The van der Waals surface area contributed by atoms with Crippen LogP contribution in [0.1, 0.15) is 58.2 Å². The summed E-state index contributed by atoms with van der Waals surface area (Å²) in [5, 5.41) is 3.16. The molecule has 1 N–H and O–H groups in total. The van der Waals surface area contributed by atoms with Gasteiger partial charge in [-0.3, -0.25) is 0 Å². The van der Waals surface area contributed by atoms with Gasteiger partial charge in [-0.05, 0) is 47.2 Å². The van der Waals surface area contributed by atoms with Crippen molar-refractivity contribution in [2.24, 2.45) is 0 Å². The van der Waals surface area contributed by atoms with Crippen LogP contribution in [0.25, 0.3) is 0 Å². The summed E-state index contributed by atoms with van der Waals surface area (Å²) < 4.78 is 6.22. The molecule has 0 aliphatic heterocycles. The highest BCUT2D eigenvalue weighted by molar-refractivity contribution is 5.45. The molecule has 2 aromatic rings. The zero-order chi connectivity index (χ0) is 18.0. The van der Waals surface area contributed by atoms with Gasteiger partial charge in [0.05, 0.1) is 0 Å². The van der Waals surface area contributed by atoms with E-state index < -0.39 is 0 Å². The summed E-state index contributed by atoms with van der Waals surface area (Å²) in [4.78, 5) is 0. The zero-order valence-electron chi connectivity index (χ0n) is 16.2. The number of rotatable bonds is 4. The third-order valence-electron chi connectivity index (χ3n) is 4.19. The first-order valence-corrected chi connectivity index (χ1v) is 8.67. The topological polar surface area (TPSA) is 21.3 Å². The van der Waals surface area contributed by atoms with Crippen LogP contribution in [0.5, 0.6) is 11.5 Å². The monoisotopic (exact) mass is 325 g/mol. The second-order valence-electron chi connectivity index (χ2n) is 8.49. The molecule has 2 nitrogen and oxygen atoms in total. The summed E-state index contributed by atoms with van der Waals surface area (Å²) in [6, 6.07) is 14.9. The van der Waals surface area contributed by atoms with Crippen LogP contribution in [0.3, 0.4) is 0 Å². The fourth-order valence-corrected chi connectivity index (χ4v) is 2.68. The van der Waals surface area contributed by atoms with E-state index in [4.69, 9.17) is 4.74 Å². The fourth-order valence-electron chi connectivity index (χ4n) is 2.68. The summed E-state index contributed by atoms with van der Waals surface area (Å²) in [6.07, 6.45) is 0. The van der Waals surface area contributed by atoms with Gasteiger partial charge in [0, 0.05) is 12.1 Å². The van der Waals surface area contributed by atoms with E-state index in [0.717, 1.165) is 18.0 Å². The number of benzene rings is 2. The number of hydrogen-bond donors (Lipinski definition) is 1. The average Bonchev–Trinajstić information content (AvgIpc) is 2.48. The van der Waals surface area contributed by atoms with Crippen molar-refractivity contribution in [2.45, 2.75) is 58.9 Å². The minimum atomic E-state index is 0.0304. The highest BCUT2D eigenvalue weighted by Gasteiger charge is 2.23. The fraction of sp³-hybridized carbons (Fsp3) is 0.455. The standard InChI is InChI=1S/C22H31NO/c1-21(2,3)17-10-13-20(19(14-17)22(4,5)6)24-18-11-8-16(9-12-18)15-23-7/h8-14,23H,15H2,1-7H3. The van der Waals surface area contributed by atoms with Gasteiger partial charge in [0.2, 0.25) is 0 Å². The van der Waals surface area contributed by atoms with E-state index in [9.17, 15) is 0 Å². The van der Waals surface area contributed by atoms with Crippen molar-refractivity contribution in [1.82, 2.24) is 5.32 Å². The molecular weight excluding hydrogens is 294 g/mol. The van der Waals surface area contributed by atoms with Crippen molar-refractivity contribution in [3.05, 3.63) is 59.2 Å². The van der Waals surface area contributed by atoms with Gasteiger partial charge in [0.25, 0.3) is 0 Å². The Balaban J connectivity index is 2.35. The number of nitrogens with one attached hydrogen (secondary N) is 1. The van der Waals surface area contributed by atoms with Gasteiger partial charge < -0.3 is 10.1 Å². The van der Waals surface area contributed by atoms with Crippen LogP contribution in [-0.2, 0) is 17.4 Å². The lowest BCUT2D eigenvalue weighted by Gasteiger charge is -2.27. The summed E-state index contributed by atoms with van der Waals surface area (Å²) in [5.74, 6) is 1.82. The SMILES string of the molecule is CNCc1ccc(Oc2ccc(C(C)(C)C)cc2C(C)(C)C)cc1. The average molecular weight is 325 g/mol. The molecule has 2 aromatic carbocycles. The predicted octanol–water partition coefficient (Wildman–Crippen LogP) is 5.79. The third kappa shape index (κ3) is 4.61. The molecule has 0 unspecified atom stereocenters. The van der Waals surface area contributed by atoms with Crippen LogP contribution >= 0.6 is 0 Å². The first kappa shape index (κ1) is 18.5. The summed E-state index contributed by atoms with van der Waals surface area (Å²) in [6.45, 7) is 14.3. The lowest BCUT2D eigenvalue weighted by Crippen LogP contribution is -2.17. The van der Waals surface area contributed by atoms with Gasteiger partial charge in [-0.15, -0.1) is 0 Å². The second kappa shape index (κ2) is 6.98. The van der Waals surface area contributed by atoms with Crippen LogP contribution in [0.4, 0.5) is 0 Å². The predicted molar refractivity (Wildman–Crippen MR) is 103 cm³/mol. The van der Waals surface area contributed by atoms with Crippen LogP contribution in [0, 0.1) is 0 Å². The molecule has 0 bridgehead atoms. The molecule has 0 aliphatic rings. The van der Waals surface area contributed by atoms with E-state index >= 15 is 0 Å². The molecule has 0 aliphatic carbocycles. The quantitative estimate of drug-likeness (QED) is 0.768. The molecule has 0 fully saturated rings. The van der Waals surface area contributed by atoms with Crippen molar-refractivity contribution < 1.29 is 4.74 Å². The molecule has 2 heteroatoms. The van der Waals surface area contributed by atoms with Crippen molar-refractivity contribution >= 4 is 0 Å². The van der Waals surface area contributed by atoms with E-state index in [0.29, 0.717) is 0 Å². The Bertz CT molecular complexity index is 673. The molecule has 0 spiro atoms. The molecule has 0 amide bonds. The molecule has 24 heavy (non-hydrogen) atoms. The normalized spacial score (nSPS) is 12.3. The third-order valence-corrected chi connectivity index (χ3v) is 4.19. The highest BCUT2D eigenvalue weighted by atomic mass is 16.5. The minimum Gasteiger partial charge on any atom is -0.457 e. The molecule has 130 valence electrons. The summed E-state index contributed by atoms with van der Waals surface area (Å²) >= 11 is 0. The smallest absolute Gasteiger partial charge is 0.131 e. The van der Waals surface area contributed by atoms with Crippen molar-refractivity contribution in [3.8, 4) is 11.5 Å². The van der Waals surface area contributed by atoms with Gasteiger partial charge in [0.15, 0.2) is 0 Å². The maximum atomic E-state index is 6.22. The zero-order valence-corrected chi connectivity index (χ0v) is 16.2. The van der Waals surface area contributed by atoms with Gasteiger partial charge in [-0.2, -0.15) is 0 Å². The van der Waals surface area contributed by atoms with Crippen LogP contribution in [0.15, 0.2) is 42.5 Å². The highest BCUT2D eigenvalue weighted by Crippen LogP contribution is 2.37. The molecule has 0 radical (unpaired) electrons. The molecule has 2 rings (SSSR count). The lowest BCUT2D eigenvalue weighted by atomic mass is 9.80. The lowest BCUT2D eigenvalue weighted by molar-refractivity contribution is 0.453. The Morgan fingerprint density at radius 1 is 0.833 bits per heavy atom. The van der Waals surface area contributed by atoms with E-state index in [1.165, 1.54) is 16.7 Å². The Morgan fingerprint density at radius 2 is 1.46 bits per heavy atom. The molecule has 0 saturated heterocycles. The Kier molecular flexibility index (Phi) is 5.39. The summed E-state index contributed by atoms with van der Waals surface area (Å²) in [7, 11) is 1.96. The molecule has 0 atom stereocenters. The van der Waals surface area contributed by atoms with E-state index in [2.05, 4.69) is 77.2 Å². The minimum absolute atomic E-state index is 0.0304. The van der Waals surface area contributed by atoms with Gasteiger partial charge in [-0.1, -0.05) is 65.8 Å². The maximum absolute atomic E-state index is 6.22. The Hall–Kier alpha value is -1.80. The second-order valence-corrected chi connectivity index (χ2v) is 8.49. The molecular formula is C22H31NO. The van der Waals surface area contributed by atoms with Crippen molar-refractivity contribution in [2.75, 3.05) is 7.05 Å². The first-order chi connectivity index (χ1) is 11.1. The van der Waals surface area contributed by atoms with E-state index in [1.54, 1.807) is 0 Å². The van der Waals surface area contributed by atoms with Crippen molar-refractivity contribution in [1.29, 1.82) is 0 Å². The van der Waals surface area contributed by atoms with Gasteiger partial charge >= 0.3 is 0 Å². The number of hydrogen-bond acceptors (Lipinski definition) is 2. The van der Waals surface area contributed by atoms with Crippen molar-refractivity contribution in [3.63, 3.8) is 0 Å².